The van der Waals surface area contributed by atoms with Crippen LogP contribution in [-0.2, 0) is 30.9 Å². The van der Waals surface area contributed by atoms with Crippen molar-refractivity contribution in [2.24, 2.45) is 0 Å². The minimum Gasteiger partial charge on any atom is -0.501 e. The molecular formula is C72H68IrN4O-2. The van der Waals surface area contributed by atoms with Crippen LogP contribution >= 0.6 is 0 Å². The maximum Gasteiger partial charge on any atom is 0.121 e. The summed E-state index contributed by atoms with van der Waals surface area (Å²) in [6, 6.07) is 61.3. The van der Waals surface area contributed by atoms with Gasteiger partial charge in [0, 0.05) is 52.6 Å². The number of para-hydroxylation sites is 2. The molecule has 0 bridgehead atoms. The molecule has 0 amide bonds. The van der Waals surface area contributed by atoms with Crippen molar-refractivity contribution in [3.05, 3.63) is 215 Å². The van der Waals surface area contributed by atoms with Gasteiger partial charge in [-0.15, -0.1) is 53.6 Å². The van der Waals surface area contributed by atoms with Crippen molar-refractivity contribution in [3.8, 4) is 50.7 Å². The minimum atomic E-state index is -2.40. The van der Waals surface area contributed by atoms with Crippen molar-refractivity contribution in [2.45, 2.75) is 113 Å². The summed E-state index contributed by atoms with van der Waals surface area (Å²) < 4.78 is 35.2. The second-order valence-electron chi connectivity index (χ2n) is 23.4. The summed E-state index contributed by atoms with van der Waals surface area (Å²) in [7, 11) is 0. The van der Waals surface area contributed by atoms with Crippen molar-refractivity contribution >= 4 is 54.5 Å². The first-order valence-corrected chi connectivity index (χ1v) is 27.0. The van der Waals surface area contributed by atoms with E-state index >= 15 is 0 Å². The van der Waals surface area contributed by atoms with Crippen molar-refractivity contribution in [2.75, 3.05) is 0 Å². The van der Waals surface area contributed by atoms with Gasteiger partial charge in [-0.1, -0.05) is 172 Å². The van der Waals surface area contributed by atoms with Gasteiger partial charge in [0.25, 0.3) is 0 Å². The molecule has 3 aromatic heterocycles. The molecule has 0 unspecified atom stereocenters. The number of fused-ring (bicyclic) bond motifs is 7. The van der Waals surface area contributed by atoms with E-state index in [-0.39, 0.29) is 48.3 Å². The minimum absolute atomic E-state index is 0. The Labute approximate surface area is 478 Å². The van der Waals surface area contributed by atoms with Crippen LogP contribution in [0.1, 0.15) is 124 Å². The molecule has 0 saturated carbocycles. The number of nitrogens with zero attached hydrogens (tertiary/aromatic N) is 4. The summed E-state index contributed by atoms with van der Waals surface area (Å²) in [5.41, 5.74) is 18.1. The van der Waals surface area contributed by atoms with E-state index in [1.807, 2.05) is 60.8 Å². The van der Waals surface area contributed by atoms with Crippen molar-refractivity contribution in [1.82, 2.24) is 19.5 Å². The molecule has 12 aromatic rings. The van der Waals surface area contributed by atoms with Crippen LogP contribution in [0.2, 0.25) is 0 Å². The average molecular weight is 1200 g/mol. The number of imidazole rings is 1. The SMILES string of the molecule is CC(C)(C)c1ccnc(-c2[c-]cccc2)n1.[2H]C([2H])([2H])c1c[c-]c(-c2nc3ccccc3n2-c2c(C(C)C)cc(-c3ccc(-c4c(C)cc(C(C)(C)C)cc4C)cc3)cc2C(C)C)c2oc3cc4c(ccc5ccccc54)cc3c12.[Ir]. The van der Waals surface area contributed by atoms with Gasteiger partial charge in [0.05, 0.1) is 28.3 Å². The smallest absolute Gasteiger partial charge is 0.121 e. The van der Waals surface area contributed by atoms with E-state index in [1.165, 1.54) is 38.9 Å². The summed E-state index contributed by atoms with van der Waals surface area (Å²) in [6.07, 6.45) is 1.81. The molecule has 12 rings (SSSR count). The predicted molar refractivity (Wildman–Crippen MR) is 325 cm³/mol. The van der Waals surface area contributed by atoms with Gasteiger partial charge >= 0.3 is 0 Å². The zero-order chi connectivity index (χ0) is 56.6. The number of aryl methyl sites for hydroxylation is 3. The van der Waals surface area contributed by atoms with E-state index in [0.29, 0.717) is 27.9 Å². The first-order chi connectivity index (χ1) is 38.0. The van der Waals surface area contributed by atoms with Gasteiger partial charge in [0.2, 0.25) is 0 Å². The fourth-order valence-corrected chi connectivity index (χ4v) is 11.0. The van der Waals surface area contributed by atoms with E-state index in [0.717, 1.165) is 71.9 Å². The number of benzene rings is 9. The van der Waals surface area contributed by atoms with Gasteiger partial charge < -0.3 is 8.98 Å². The Morgan fingerprint density at radius 3 is 1.94 bits per heavy atom. The third-order valence-electron chi connectivity index (χ3n) is 15.1. The first-order valence-electron chi connectivity index (χ1n) is 28.5. The Balaban J connectivity index is 0.000000373. The van der Waals surface area contributed by atoms with Crippen LogP contribution in [0.25, 0.3) is 105 Å². The topological polar surface area (TPSA) is 56.7 Å². The van der Waals surface area contributed by atoms with Crippen molar-refractivity contribution < 1.29 is 28.6 Å². The Hall–Kier alpha value is -7.50. The zero-order valence-electron chi connectivity index (χ0n) is 49.8. The van der Waals surface area contributed by atoms with E-state index in [2.05, 4.69) is 207 Å². The van der Waals surface area contributed by atoms with Gasteiger partial charge in [-0.3, -0.25) is 15.0 Å². The molecule has 6 heteroatoms. The molecule has 0 aliphatic heterocycles. The molecule has 0 aliphatic carbocycles. The van der Waals surface area contributed by atoms with Gasteiger partial charge in [-0.25, -0.2) is 0 Å². The van der Waals surface area contributed by atoms with Crippen molar-refractivity contribution in [1.29, 1.82) is 0 Å². The van der Waals surface area contributed by atoms with E-state index < -0.39 is 6.85 Å². The Morgan fingerprint density at radius 1 is 0.603 bits per heavy atom. The number of furan rings is 1. The normalized spacial score (nSPS) is 12.8. The van der Waals surface area contributed by atoms with Crippen LogP contribution in [0.4, 0.5) is 0 Å². The quantitative estimate of drug-likeness (QED) is 0.118. The molecule has 3 heterocycles. The third-order valence-corrected chi connectivity index (χ3v) is 15.1. The molecule has 78 heavy (non-hydrogen) atoms. The summed E-state index contributed by atoms with van der Waals surface area (Å²) in [6.45, 7) is 24.3. The van der Waals surface area contributed by atoms with Crippen LogP contribution in [0.3, 0.4) is 0 Å². The predicted octanol–water partition coefficient (Wildman–Crippen LogP) is 19.7. The summed E-state index contributed by atoms with van der Waals surface area (Å²) >= 11 is 0. The zero-order valence-corrected chi connectivity index (χ0v) is 49.2. The van der Waals surface area contributed by atoms with Gasteiger partial charge in [-0.2, -0.15) is 0 Å². The fraction of sp³-hybridized carbons (Fsp3) is 0.236. The molecule has 5 nitrogen and oxygen atoms in total. The largest absolute Gasteiger partial charge is 0.501 e. The second-order valence-corrected chi connectivity index (χ2v) is 23.4. The number of rotatable bonds is 7. The van der Waals surface area contributed by atoms with E-state index in [9.17, 15) is 0 Å². The molecule has 1 radical (unpaired) electrons. The van der Waals surface area contributed by atoms with E-state index in [4.69, 9.17) is 13.5 Å². The monoisotopic (exact) mass is 1200 g/mol. The van der Waals surface area contributed by atoms with Crippen LogP contribution < -0.4 is 0 Å². The fourth-order valence-electron chi connectivity index (χ4n) is 11.0. The van der Waals surface area contributed by atoms with Gasteiger partial charge in [-0.05, 0) is 145 Å². The first kappa shape index (κ1) is 50.0. The molecular weight excluding hydrogens is 1130 g/mol. The van der Waals surface area contributed by atoms with Crippen LogP contribution in [-0.4, -0.2) is 19.5 Å². The molecule has 9 aromatic carbocycles. The van der Waals surface area contributed by atoms with Gasteiger partial charge in [0.15, 0.2) is 0 Å². The molecule has 0 fully saturated rings. The molecule has 0 aliphatic rings. The summed E-state index contributed by atoms with van der Waals surface area (Å²) in [5, 5.41) is 5.65. The van der Waals surface area contributed by atoms with Crippen molar-refractivity contribution in [3.63, 3.8) is 0 Å². The maximum absolute atomic E-state index is 8.67. The van der Waals surface area contributed by atoms with Crippen LogP contribution in [0, 0.1) is 32.8 Å². The second kappa shape index (κ2) is 21.0. The van der Waals surface area contributed by atoms with Crippen LogP contribution in [0.5, 0.6) is 0 Å². The average Bonchev–Trinajstić information content (AvgIpc) is 4.04. The van der Waals surface area contributed by atoms with Gasteiger partial charge in [0.1, 0.15) is 5.58 Å². The third kappa shape index (κ3) is 10.0. The molecule has 0 atom stereocenters. The Kier molecular flexibility index (Phi) is 13.5. The van der Waals surface area contributed by atoms with E-state index in [1.54, 1.807) is 6.07 Å². The Morgan fingerprint density at radius 2 is 1.27 bits per heavy atom. The number of hydrogen-bond acceptors (Lipinski definition) is 4. The summed E-state index contributed by atoms with van der Waals surface area (Å²) in [5.74, 6) is 1.71. The Bertz CT molecular complexity index is 4270. The molecule has 0 saturated heterocycles. The standard InChI is InChI=1S/C58H53N2O.C14H15N2.Ir/c1-33(2)46-30-42(38-20-23-40(24-21-38)53-36(6)27-43(28-37(53)7)58(8,9)10)31-47(34(3)4)55(46)60-51-18-14-13-17-50(51)59-57(60)45-26-19-35(5)54-49-29-41-25-22-39-15-11-12-16-44(39)48(41)32-52(49)61-56(45)54;1-14(2,3)12-9-10-15-13(16-12)11-7-5-4-6-8-11;/h11-25,27-34H,1-10H3;4-7,9-10H,1-3H3;/q2*-1;/i5D3;;. The summed E-state index contributed by atoms with van der Waals surface area (Å²) in [4.78, 5) is 14.2. The molecule has 0 N–H and O–H groups in total. The number of hydrogen-bond donors (Lipinski definition) is 0. The maximum atomic E-state index is 8.67. The van der Waals surface area contributed by atoms with Crippen LogP contribution in [0.15, 0.2) is 168 Å². The number of aromatic nitrogens is 4. The molecule has 0 spiro atoms. The molecule has 393 valence electrons.